The van der Waals surface area contributed by atoms with Gasteiger partial charge in [-0.15, -0.1) is 0 Å². The van der Waals surface area contributed by atoms with Gasteiger partial charge in [0.05, 0.1) is 6.54 Å². The van der Waals surface area contributed by atoms with E-state index >= 15 is 0 Å². The van der Waals surface area contributed by atoms with Gasteiger partial charge >= 0.3 is 5.97 Å². The Kier molecular flexibility index (Phi) is 9.99. The molecule has 0 atom stereocenters. The van der Waals surface area contributed by atoms with Crippen molar-refractivity contribution in [2.45, 2.75) is 46.5 Å². The van der Waals surface area contributed by atoms with Gasteiger partial charge in [-0.25, -0.2) is 0 Å². The maximum absolute atomic E-state index is 12.5. The van der Waals surface area contributed by atoms with Gasteiger partial charge in [-0.2, -0.15) is 0 Å². The fraction of sp³-hybridized carbons (Fsp3) is 0.407. The number of ether oxygens (including phenoxy) is 1. The highest BCUT2D eigenvalue weighted by atomic mass is 16.5. The normalized spacial score (nSPS) is 10.9. The van der Waals surface area contributed by atoms with E-state index in [-0.39, 0.29) is 24.4 Å². The summed E-state index contributed by atoms with van der Waals surface area (Å²) in [5.74, 6) is -1.96. The van der Waals surface area contributed by atoms with Crippen molar-refractivity contribution < 1.29 is 23.9 Å². The number of amides is 3. The van der Waals surface area contributed by atoms with Crippen LogP contribution in [0, 0.1) is 6.92 Å². The monoisotopic (exact) mass is 481 g/mol. The number of nitrogens with one attached hydrogen (secondary N) is 2. The van der Waals surface area contributed by atoms with Gasteiger partial charge in [0, 0.05) is 17.8 Å². The van der Waals surface area contributed by atoms with Crippen molar-refractivity contribution in [2.24, 2.45) is 0 Å². The molecular weight excluding hydrogens is 446 g/mol. The van der Waals surface area contributed by atoms with E-state index in [9.17, 15) is 19.2 Å². The molecule has 0 aromatic heterocycles. The molecule has 0 heterocycles. The zero-order valence-electron chi connectivity index (χ0n) is 21.1. The zero-order chi connectivity index (χ0) is 26.0. The first-order valence-electron chi connectivity index (χ1n) is 11.7. The quantitative estimate of drug-likeness (QED) is 0.506. The van der Waals surface area contributed by atoms with Crippen LogP contribution in [0.4, 0.5) is 5.69 Å². The van der Waals surface area contributed by atoms with Crippen LogP contribution in [0.1, 0.15) is 55.6 Å². The molecule has 0 spiro atoms. The zero-order valence-corrected chi connectivity index (χ0v) is 21.1. The summed E-state index contributed by atoms with van der Waals surface area (Å²) >= 11 is 0. The van der Waals surface area contributed by atoms with E-state index in [2.05, 4.69) is 31.4 Å². The molecule has 2 N–H and O–H groups in total. The highest BCUT2D eigenvalue weighted by Gasteiger charge is 2.19. The summed E-state index contributed by atoms with van der Waals surface area (Å²) in [4.78, 5) is 50.7. The lowest BCUT2D eigenvalue weighted by Crippen LogP contribution is -2.41. The van der Waals surface area contributed by atoms with Crippen LogP contribution in [-0.2, 0) is 24.5 Å². The summed E-state index contributed by atoms with van der Waals surface area (Å²) in [5.41, 5.74) is 3.08. The number of rotatable bonds is 10. The van der Waals surface area contributed by atoms with Crippen LogP contribution >= 0.6 is 0 Å². The van der Waals surface area contributed by atoms with Crippen molar-refractivity contribution in [3.8, 4) is 0 Å². The van der Waals surface area contributed by atoms with Crippen LogP contribution in [0.25, 0.3) is 0 Å². The van der Waals surface area contributed by atoms with Gasteiger partial charge in [-0.05, 0) is 48.1 Å². The van der Waals surface area contributed by atoms with Crippen molar-refractivity contribution in [3.05, 3.63) is 65.2 Å². The Labute approximate surface area is 207 Å². The minimum Gasteiger partial charge on any atom is -0.454 e. The molecular formula is C27H35N3O5. The number of para-hydroxylation sites is 1. The number of esters is 1. The number of aryl methyl sites for hydroxylation is 1. The SMILES string of the molecule is CCCN(CC(=O)Nc1ccccc1C)C(=O)COC(=O)CNC(=O)c1ccc(C(C)(C)C)cc1. The highest BCUT2D eigenvalue weighted by molar-refractivity contribution is 5.97. The molecule has 3 amide bonds. The molecule has 0 radical (unpaired) electrons. The van der Waals surface area contributed by atoms with Gasteiger partial charge in [-0.1, -0.05) is 58.0 Å². The Morgan fingerprint density at radius 2 is 1.63 bits per heavy atom. The first kappa shape index (κ1) is 27.6. The van der Waals surface area contributed by atoms with Crippen LogP contribution in [0.2, 0.25) is 0 Å². The summed E-state index contributed by atoms with van der Waals surface area (Å²) in [7, 11) is 0. The number of hydrogen-bond donors (Lipinski definition) is 2. The fourth-order valence-electron chi connectivity index (χ4n) is 3.30. The first-order valence-corrected chi connectivity index (χ1v) is 11.7. The lowest BCUT2D eigenvalue weighted by molar-refractivity contribution is -0.151. The van der Waals surface area contributed by atoms with Crippen molar-refractivity contribution in [1.29, 1.82) is 0 Å². The molecule has 0 bridgehead atoms. The second-order valence-electron chi connectivity index (χ2n) is 9.35. The number of carbonyl (C=O) groups excluding carboxylic acids is 4. The molecule has 8 heteroatoms. The molecule has 2 aromatic carbocycles. The summed E-state index contributed by atoms with van der Waals surface area (Å²) < 4.78 is 5.02. The number of carbonyl (C=O) groups is 4. The lowest BCUT2D eigenvalue weighted by Gasteiger charge is -2.21. The van der Waals surface area contributed by atoms with Crippen molar-refractivity contribution >= 4 is 29.4 Å². The smallest absolute Gasteiger partial charge is 0.325 e. The standard InChI is InChI=1S/C27H35N3O5/c1-6-15-30(17-23(31)29-22-10-8-7-9-19(22)2)24(32)18-35-25(33)16-28-26(34)20-11-13-21(14-12-20)27(3,4)5/h7-14H,6,15-18H2,1-5H3,(H,28,34)(H,29,31). The Morgan fingerprint density at radius 3 is 2.23 bits per heavy atom. The second kappa shape index (κ2) is 12.7. The summed E-state index contributed by atoms with van der Waals surface area (Å²) in [6.45, 7) is 9.33. The number of benzene rings is 2. The van der Waals surface area contributed by atoms with Gasteiger partial charge in [0.1, 0.15) is 6.54 Å². The average molecular weight is 482 g/mol. The van der Waals surface area contributed by atoms with E-state index in [1.165, 1.54) is 4.90 Å². The molecule has 8 nitrogen and oxygen atoms in total. The lowest BCUT2D eigenvalue weighted by atomic mass is 9.87. The maximum Gasteiger partial charge on any atom is 0.325 e. The van der Waals surface area contributed by atoms with E-state index in [4.69, 9.17) is 4.74 Å². The predicted octanol–water partition coefficient (Wildman–Crippen LogP) is 3.44. The van der Waals surface area contributed by atoms with Crippen LogP contribution < -0.4 is 10.6 Å². The van der Waals surface area contributed by atoms with Crippen LogP contribution in [0.15, 0.2) is 48.5 Å². The number of anilines is 1. The van der Waals surface area contributed by atoms with E-state index in [0.29, 0.717) is 24.2 Å². The molecule has 0 unspecified atom stereocenters. The van der Waals surface area contributed by atoms with E-state index in [1.807, 2.05) is 44.2 Å². The minimum atomic E-state index is -0.737. The van der Waals surface area contributed by atoms with Crippen molar-refractivity contribution in [1.82, 2.24) is 10.2 Å². The summed E-state index contributed by atoms with van der Waals surface area (Å²) in [5, 5.41) is 5.29. The Hall–Kier alpha value is -3.68. The van der Waals surface area contributed by atoms with Gasteiger partial charge in [0.2, 0.25) is 5.91 Å². The van der Waals surface area contributed by atoms with Gasteiger partial charge in [0.15, 0.2) is 6.61 Å². The minimum absolute atomic E-state index is 0.0296. The first-order chi connectivity index (χ1) is 16.5. The van der Waals surface area contributed by atoms with Crippen molar-refractivity contribution in [2.75, 3.05) is 31.6 Å². The summed E-state index contributed by atoms with van der Waals surface area (Å²) in [6, 6.07) is 14.5. The molecule has 0 saturated heterocycles. The molecule has 2 rings (SSSR count). The van der Waals surface area contributed by atoms with Gasteiger partial charge in [0.25, 0.3) is 11.8 Å². The molecule has 35 heavy (non-hydrogen) atoms. The Morgan fingerprint density at radius 1 is 0.971 bits per heavy atom. The molecule has 0 aliphatic carbocycles. The van der Waals surface area contributed by atoms with E-state index in [0.717, 1.165) is 11.1 Å². The van der Waals surface area contributed by atoms with Gasteiger partial charge in [-0.3, -0.25) is 19.2 Å². The average Bonchev–Trinajstić information content (AvgIpc) is 2.81. The highest BCUT2D eigenvalue weighted by Crippen LogP contribution is 2.22. The molecule has 0 aliphatic heterocycles. The molecule has 188 valence electrons. The third-order valence-electron chi connectivity index (χ3n) is 5.36. The molecule has 2 aromatic rings. The third-order valence-corrected chi connectivity index (χ3v) is 5.36. The van der Waals surface area contributed by atoms with Crippen LogP contribution in [-0.4, -0.2) is 54.8 Å². The maximum atomic E-state index is 12.5. The summed E-state index contributed by atoms with van der Waals surface area (Å²) in [6.07, 6.45) is 0.640. The third kappa shape index (κ3) is 8.88. The molecule has 0 fully saturated rings. The molecule has 0 saturated carbocycles. The van der Waals surface area contributed by atoms with Crippen molar-refractivity contribution in [3.63, 3.8) is 0 Å². The fourth-order valence-corrected chi connectivity index (χ4v) is 3.30. The Bertz CT molecular complexity index is 1040. The second-order valence-corrected chi connectivity index (χ2v) is 9.35. The number of hydrogen-bond acceptors (Lipinski definition) is 5. The topological polar surface area (TPSA) is 105 Å². The van der Waals surface area contributed by atoms with Gasteiger partial charge < -0.3 is 20.3 Å². The largest absolute Gasteiger partial charge is 0.454 e. The number of nitrogens with zero attached hydrogens (tertiary/aromatic N) is 1. The predicted molar refractivity (Wildman–Crippen MR) is 135 cm³/mol. The Balaban J connectivity index is 1.81. The van der Waals surface area contributed by atoms with E-state index in [1.54, 1.807) is 18.2 Å². The van der Waals surface area contributed by atoms with E-state index < -0.39 is 24.4 Å². The van der Waals surface area contributed by atoms with Crippen LogP contribution in [0.5, 0.6) is 0 Å². The van der Waals surface area contributed by atoms with Crippen LogP contribution in [0.3, 0.4) is 0 Å². The molecule has 0 aliphatic rings.